The van der Waals surface area contributed by atoms with E-state index in [2.05, 4.69) is 9.72 Å². The van der Waals surface area contributed by atoms with Crippen LogP contribution < -0.4 is 20.7 Å². The van der Waals surface area contributed by atoms with E-state index in [1.165, 1.54) is 24.4 Å². The van der Waals surface area contributed by atoms with Crippen LogP contribution in [0.1, 0.15) is 29.4 Å². The number of hydrogen-bond acceptors (Lipinski definition) is 5. The molecule has 11 heteroatoms. The smallest absolute Gasteiger partial charge is 0.408 e. The summed E-state index contributed by atoms with van der Waals surface area (Å²) in [4.78, 5) is 18.8. The van der Waals surface area contributed by atoms with Gasteiger partial charge in [-0.05, 0) is 38.0 Å². The van der Waals surface area contributed by atoms with Gasteiger partial charge < -0.3 is 20.7 Å². The zero-order chi connectivity index (χ0) is 23.6. The van der Waals surface area contributed by atoms with Crippen LogP contribution >= 0.6 is 0 Å². The lowest BCUT2D eigenvalue weighted by Gasteiger charge is -2.27. The molecule has 1 aromatic heterocycles. The molecule has 0 spiro atoms. The Hall–Kier alpha value is -2.95. The zero-order valence-corrected chi connectivity index (χ0v) is 17.4. The van der Waals surface area contributed by atoms with Crippen LogP contribution in [0.15, 0.2) is 30.5 Å². The highest BCUT2D eigenvalue weighted by Crippen LogP contribution is 2.39. The number of nitrogens with one attached hydrogen (secondary N) is 1. The fraction of sp³-hybridized carbons (Fsp3) is 0.429. The van der Waals surface area contributed by atoms with E-state index in [9.17, 15) is 26.7 Å². The minimum Gasteiger partial charge on any atom is -0.435 e. The lowest BCUT2D eigenvalue weighted by molar-refractivity contribution is -0.149. The summed E-state index contributed by atoms with van der Waals surface area (Å²) < 4.78 is 68.9. The van der Waals surface area contributed by atoms with Gasteiger partial charge in [-0.15, -0.1) is 0 Å². The van der Waals surface area contributed by atoms with E-state index in [0.29, 0.717) is 42.0 Å². The lowest BCUT2D eigenvalue weighted by Crippen LogP contribution is -2.43. The molecule has 1 aromatic carbocycles. The van der Waals surface area contributed by atoms with Crippen molar-refractivity contribution in [2.45, 2.75) is 45.1 Å². The van der Waals surface area contributed by atoms with Gasteiger partial charge in [-0.3, -0.25) is 9.78 Å². The summed E-state index contributed by atoms with van der Waals surface area (Å²) in [5.41, 5.74) is 7.65. The Morgan fingerprint density at radius 3 is 2.66 bits per heavy atom. The summed E-state index contributed by atoms with van der Waals surface area (Å²) >= 11 is 0. The number of rotatable bonds is 6. The molecule has 1 aliphatic heterocycles. The fourth-order valence-electron chi connectivity index (χ4n) is 3.61. The van der Waals surface area contributed by atoms with Gasteiger partial charge in [0.05, 0.1) is 11.3 Å². The van der Waals surface area contributed by atoms with E-state index >= 15 is 0 Å². The fourth-order valence-corrected chi connectivity index (χ4v) is 3.61. The van der Waals surface area contributed by atoms with Crippen LogP contribution in [-0.2, 0) is 0 Å². The molecule has 174 valence electrons. The van der Waals surface area contributed by atoms with Crippen molar-refractivity contribution in [3.8, 4) is 16.9 Å². The average Bonchev–Trinajstić information content (AvgIpc) is 3.12. The molecule has 2 aromatic rings. The van der Waals surface area contributed by atoms with Gasteiger partial charge in [0.1, 0.15) is 11.8 Å². The summed E-state index contributed by atoms with van der Waals surface area (Å²) in [5, 5.41) is 1.96. The van der Waals surface area contributed by atoms with Crippen LogP contribution in [0.3, 0.4) is 0 Å². The first-order valence-corrected chi connectivity index (χ1v) is 9.90. The summed E-state index contributed by atoms with van der Waals surface area (Å²) in [6.07, 6.45) is -2.78. The Kier molecular flexibility index (Phi) is 6.87. The van der Waals surface area contributed by atoms with Crippen LogP contribution in [0.2, 0.25) is 0 Å². The molecule has 0 aliphatic carbocycles. The molecule has 0 saturated carbocycles. The number of alkyl halides is 5. The van der Waals surface area contributed by atoms with E-state index in [0.717, 1.165) is 6.92 Å². The molecule has 2 heterocycles. The predicted molar refractivity (Wildman–Crippen MR) is 109 cm³/mol. The first-order valence-electron chi connectivity index (χ1n) is 9.90. The summed E-state index contributed by atoms with van der Waals surface area (Å²) in [5.74, 6) is -1.04. The third-order valence-corrected chi connectivity index (χ3v) is 5.21. The normalized spacial score (nSPS) is 17.5. The van der Waals surface area contributed by atoms with Gasteiger partial charge in [0.25, 0.3) is 5.91 Å². The predicted octanol–water partition coefficient (Wildman–Crippen LogP) is 3.88. The number of ether oxygens (including phenoxy) is 1. The number of nitrogens with two attached hydrogens (primary N) is 1. The van der Waals surface area contributed by atoms with Crippen LogP contribution in [-0.4, -0.2) is 48.9 Å². The number of carbonyl (C=O) groups is 1. The Morgan fingerprint density at radius 2 is 2.06 bits per heavy atom. The van der Waals surface area contributed by atoms with Crippen LogP contribution in [0, 0.1) is 6.92 Å². The number of halogens is 5. The molecule has 32 heavy (non-hydrogen) atoms. The van der Waals surface area contributed by atoms with Crippen molar-refractivity contribution in [3.63, 3.8) is 0 Å². The van der Waals surface area contributed by atoms with Crippen molar-refractivity contribution in [1.29, 1.82) is 0 Å². The van der Waals surface area contributed by atoms with Gasteiger partial charge in [-0.25, -0.2) is 0 Å². The zero-order valence-electron chi connectivity index (χ0n) is 17.4. The molecule has 6 nitrogen and oxygen atoms in total. The third-order valence-electron chi connectivity index (χ3n) is 5.21. The van der Waals surface area contributed by atoms with E-state index in [4.69, 9.17) is 5.73 Å². The molecule has 0 bridgehead atoms. The number of nitrogens with zero attached hydrogens (tertiary/aromatic N) is 2. The van der Waals surface area contributed by atoms with Gasteiger partial charge in [0.2, 0.25) is 0 Å². The minimum absolute atomic E-state index is 0.0593. The minimum atomic E-state index is -4.62. The highest BCUT2D eigenvalue weighted by Gasteiger charge is 2.38. The van der Waals surface area contributed by atoms with Crippen molar-refractivity contribution >= 4 is 11.6 Å². The second-order valence-electron chi connectivity index (χ2n) is 7.62. The summed E-state index contributed by atoms with van der Waals surface area (Å²) in [7, 11) is 0. The van der Waals surface area contributed by atoms with Crippen molar-refractivity contribution in [3.05, 3.63) is 41.7 Å². The van der Waals surface area contributed by atoms with Gasteiger partial charge in [0.15, 0.2) is 0 Å². The SMILES string of the molecule is Cc1ncc(C(=O)N[C@@H](C)C(F)(F)F)c(N2CC[C@H](N)C2)c1-c1cccc(OC(F)F)c1. The van der Waals surface area contributed by atoms with Gasteiger partial charge >= 0.3 is 12.8 Å². The number of aromatic nitrogens is 1. The lowest BCUT2D eigenvalue weighted by atomic mass is 9.98. The van der Waals surface area contributed by atoms with Crippen LogP contribution in [0.4, 0.5) is 27.6 Å². The monoisotopic (exact) mass is 458 g/mol. The number of pyridine rings is 1. The van der Waals surface area contributed by atoms with Crippen LogP contribution in [0.25, 0.3) is 11.1 Å². The molecule has 3 N–H and O–H groups in total. The number of amides is 1. The van der Waals surface area contributed by atoms with Crippen LogP contribution in [0.5, 0.6) is 5.75 Å². The van der Waals surface area contributed by atoms with E-state index in [1.807, 2.05) is 10.2 Å². The van der Waals surface area contributed by atoms with Gasteiger partial charge in [-0.1, -0.05) is 12.1 Å². The molecule has 2 atom stereocenters. The number of benzene rings is 1. The standard InChI is InChI=1S/C21H23F5N4O2/c1-11-17(13-4-3-5-15(8-13)32-20(22)23)18(30-7-6-14(27)10-30)16(9-28-11)19(31)29-12(2)21(24,25)26/h3-5,8-9,12,14,20H,6-7,10,27H2,1-2H3,(H,29,31)/t12-,14-/m0/s1. The number of carbonyl (C=O) groups excluding carboxylic acids is 1. The topological polar surface area (TPSA) is 80.5 Å². The Labute approximate surface area is 181 Å². The molecule has 0 radical (unpaired) electrons. The molecule has 0 unspecified atom stereocenters. The van der Waals surface area contributed by atoms with E-state index in [-0.39, 0.29) is 17.4 Å². The maximum atomic E-state index is 13.0. The maximum Gasteiger partial charge on any atom is 0.408 e. The molecular formula is C21H23F5N4O2. The van der Waals surface area contributed by atoms with Crippen molar-refractivity contribution < 1.29 is 31.5 Å². The molecule has 1 amide bonds. The molecule has 1 saturated heterocycles. The number of aryl methyl sites for hydroxylation is 1. The quantitative estimate of drug-likeness (QED) is 0.643. The Bertz CT molecular complexity index is 983. The molecular weight excluding hydrogens is 435 g/mol. The first kappa shape index (κ1) is 23.7. The Balaban J connectivity index is 2.13. The highest BCUT2D eigenvalue weighted by molar-refractivity contribution is 6.04. The van der Waals surface area contributed by atoms with Gasteiger partial charge in [0, 0.05) is 36.6 Å². The second kappa shape index (κ2) is 9.27. The largest absolute Gasteiger partial charge is 0.435 e. The number of hydrogen-bond donors (Lipinski definition) is 2. The van der Waals surface area contributed by atoms with Crippen molar-refractivity contribution in [1.82, 2.24) is 10.3 Å². The first-order chi connectivity index (χ1) is 15.0. The Morgan fingerprint density at radius 1 is 1.34 bits per heavy atom. The van der Waals surface area contributed by atoms with E-state index < -0.39 is 24.7 Å². The van der Waals surface area contributed by atoms with E-state index in [1.54, 1.807) is 13.0 Å². The van der Waals surface area contributed by atoms with Crippen molar-refractivity contribution in [2.75, 3.05) is 18.0 Å². The highest BCUT2D eigenvalue weighted by atomic mass is 19.4. The van der Waals surface area contributed by atoms with Crippen molar-refractivity contribution in [2.24, 2.45) is 5.73 Å². The molecule has 3 rings (SSSR count). The van der Waals surface area contributed by atoms with Gasteiger partial charge in [-0.2, -0.15) is 22.0 Å². The molecule has 1 fully saturated rings. The maximum absolute atomic E-state index is 13.0. The average molecular weight is 458 g/mol. The summed E-state index contributed by atoms with van der Waals surface area (Å²) in [6.45, 7) is 0.326. The number of anilines is 1. The third kappa shape index (κ3) is 5.26. The summed E-state index contributed by atoms with van der Waals surface area (Å²) in [6, 6.07) is 3.60. The molecule has 1 aliphatic rings. The second-order valence-corrected chi connectivity index (χ2v) is 7.62.